The van der Waals surface area contributed by atoms with E-state index in [0.717, 1.165) is 37.2 Å². The lowest BCUT2D eigenvalue weighted by molar-refractivity contribution is 0.340. The molecule has 0 fully saturated rings. The second-order valence-electron chi connectivity index (χ2n) is 6.46. The summed E-state index contributed by atoms with van der Waals surface area (Å²) in [5.41, 5.74) is 2.36. The summed E-state index contributed by atoms with van der Waals surface area (Å²) < 4.78 is 38.9. The molecular formula is C19H25N3O4S. The van der Waals surface area contributed by atoms with Crippen LogP contribution in [0, 0.1) is 0 Å². The minimum Gasteiger partial charge on any atom is -0.494 e. The molecule has 146 valence electrons. The van der Waals surface area contributed by atoms with E-state index in [4.69, 9.17) is 9.47 Å². The van der Waals surface area contributed by atoms with E-state index in [1.54, 1.807) is 12.1 Å². The number of fused-ring (bicyclic) bond motifs is 1. The zero-order valence-corrected chi connectivity index (χ0v) is 16.7. The van der Waals surface area contributed by atoms with Crippen molar-refractivity contribution >= 4 is 15.7 Å². The van der Waals surface area contributed by atoms with Crippen LogP contribution >= 0.6 is 0 Å². The topological polar surface area (TPSA) is 80.8 Å². The van der Waals surface area contributed by atoms with Gasteiger partial charge in [0.05, 0.1) is 18.6 Å². The maximum atomic E-state index is 12.8. The van der Waals surface area contributed by atoms with E-state index >= 15 is 0 Å². The van der Waals surface area contributed by atoms with Gasteiger partial charge < -0.3 is 14.4 Å². The first kappa shape index (κ1) is 19.4. The van der Waals surface area contributed by atoms with E-state index in [2.05, 4.69) is 21.7 Å². The van der Waals surface area contributed by atoms with E-state index in [-0.39, 0.29) is 10.8 Å². The molecule has 2 heterocycles. The third kappa shape index (κ3) is 4.51. The number of benzene rings is 1. The molecule has 0 unspecified atom stereocenters. The van der Waals surface area contributed by atoms with Crippen LogP contribution < -0.4 is 14.2 Å². The molecule has 0 atom stereocenters. The molecule has 0 saturated carbocycles. The van der Waals surface area contributed by atoms with Gasteiger partial charge in [0.15, 0.2) is 0 Å². The Kier molecular flexibility index (Phi) is 5.86. The summed E-state index contributed by atoms with van der Waals surface area (Å²) >= 11 is 0. The fourth-order valence-electron chi connectivity index (χ4n) is 3.04. The number of sulfonamides is 1. The molecule has 8 heteroatoms. The van der Waals surface area contributed by atoms with Crippen LogP contribution in [0.4, 0.5) is 5.69 Å². The van der Waals surface area contributed by atoms with Crippen molar-refractivity contribution in [3.8, 4) is 11.6 Å². The molecule has 0 bridgehead atoms. The van der Waals surface area contributed by atoms with E-state index in [1.165, 1.54) is 19.2 Å². The lowest BCUT2D eigenvalue weighted by Crippen LogP contribution is -2.20. The first-order valence-corrected chi connectivity index (χ1v) is 10.4. The van der Waals surface area contributed by atoms with Crippen LogP contribution in [-0.4, -0.2) is 52.2 Å². The zero-order valence-electron chi connectivity index (χ0n) is 15.9. The number of pyridine rings is 1. The van der Waals surface area contributed by atoms with Gasteiger partial charge in [-0.3, -0.25) is 4.72 Å². The number of aromatic nitrogens is 1. The Labute approximate surface area is 160 Å². The monoisotopic (exact) mass is 391 g/mol. The van der Waals surface area contributed by atoms with Gasteiger partial charge in [0, 0.05) is 25.2 Å². The lowest BCUT2D eigenvalue weighted by Gasteiger charge is -2.15. The van der Waals surface area contributed by atoms with Crippen LogP contribution in [0.3, 0.4) is 0 Å². The van der Waals surface area contributed by atoms with Crippen molar-refractivity contribution in [1.29, 1.82) is 0 Å². The van der Waals surface area contributed by atoms with Gasteiger partial charge in [0.1, 0.15) is 11.4 Å². The Morgan fingerprint density at radius 3 is 2.56 bits per heavy atom. The largest absolute Gasteiger partial charge is 0.494 e. The van der Waals surface area contributed by atoms with Gasteiger partial charge in [0.2, 0.25) is 5.88 Å². The molecule has 1 aromatic carbocycles. The first-order chi connectivity index (χ1) is 12.9. The van der Waals surface area contributed by atoms with Gasteiger partial charge in [-0.15, -0.1) is 0 Å². The van der Waals surface area contributed by atoms with Crippen LogP contribution in [0.1, 0.15) is 18.2 Å². The van der Waals surface area contributed by atoms with Crippen molar-refractivity contribution in [1.82, 2.24) is 9.88 Å². The Balaban J connectivity index is 1.89. The average Bonchev–Trinajstić information content (AvgIpc) is 2.83. The highest BCUT2D eigenvalue weighted by Crippen LogP contribution is 2.29. The van der Waals surface area contributed by atoms with Crippen LogP contribution in [-0.2, 0) is 22.9 Å². The van der Waals surface area contributed by atoms with Crippen molar-refractivity contribution < 1.29 is 17.9 Å². The minimum absolute atomic E-state index is 0.155. The Morgan fingerprint density at radius 2 is 1.89 bits per heavy atom. The summed E-state index contributed by atoms with van der Waals surface area (Å²) in [6, 6.07) is 8.16. The number of likely N-dealkylation sites (N-methyl/N-ethyl adjacent to an activating group) is 1. The number of rotatable bonds is 6. The fourth-order valence-corrected chi connectivity index (χ4v) is 4.09. The van der Waals surface area contributed by atoms with Gasteiger partial charge in [0.25, 0.3) is 10.0 Å². The van der Waals surface area contributed by atoms with Crippen LogP contribution in [0.15, 0.2) is 35.2 Å². The molecule has 1 aliphatic rings. The molecule has 3 rings (SSSR count). The third-order valence-electron chi connectivity index (χ3n) is 4.53. The van der Waals surface area contributed by atoms with Gasteiger partial charge in [-0.05, 0) is 56.3 Å². The number of hydrogen-bond acceptors (Lipinski definition) is 6. The number of ether oxygens (including phenoxy) is 2. The summed E-state index contributed by atoms with van der Waals surface area (Å²) in [6.45, 7) is 4.23. The first-order valence-electron chi connectivity index (χ1n) is 8.94. The summed E-state index contributed by atoms with van der Waals surface area (Å²) in [4.78, 5) is 6.94. The standard InChI is InChI=1S/C19H25N3O4S/c1-4-26-15-5-7-16(8-6-15)27(23,24)21-18-13-14-9-11-22(2)12-10-17(14)20-19(18)25-3/h5-8,13,21H,4,9-12H2,1-3H3. The highest BCUT2D eigenvalue weighted by Gasteiger charge is 2.21. The average molecular weight is 391 g/mol. The van der Waals surface area contributed by atoms with Gasteiger partial charge in [-0.1, -0.05) is 0 Å². The van der Waals surface area contributed by atoms with Crippen LogP contribution in [0.2, 0.25) is 0 Å². The maximum absolute atomic E-state index is 12.8. The number of hydrogen-bond donors (Lipinski definition) is 1. The highest BCUT2D eigenvalue weighted by molar-refractivity contribution is 7.92. The summed E-state index contributed by atoms with van der Waals surface area (Å²) in [5, 5.41) is 0. The van der Waals surface area contributed by atoms with Gasteiger partial charge in [-0.25, -0.2) is 13.4 Å². The number of methoxy groups -OCH3 is 1. The van der Waals surface area contributed by atoms with Crippen molar-refractivity contribution in [3.63, 3.8) is 0 Å². The maximum Gasteiger partial charge on any atom is 0.262 e. The third-order valence-corrected chi connectivity index (χ3v) is 5.91. The SMILES string of the molecule is CCOc1ccc(S(=O)(=O)Nc2cc3c(nc2OC)CCN(C)CC3)cc1. The molecule has 0 radical (unpaired) electrons. The number of nitrogens with one attached hydrogen (secondary N) is 1. The normalized spacial score (nSPS) is 14.9. The molecule has 0 saturated heterocycles. The quantitative estimate of drug-likeness (QED) is 0.814. The molecule has 7 nitrogen and oxygen atoms in total. The summed E-state index contributed by atoms with van der Waals surface area (Å²) in [5.74, 6) is 0.915. The Hall–Kier alpha value is -2.32. The molecule has 0 spiro atoms. The Bertz CT molecular complexity index is 898. The predicted molar refractivity (Wildman–Crippen MR) is 104 cm³/mol. The van der Waals surface area contributed by atoms with E-state index < -0.39 is 10.0 Å². The molecule has 1 N–H and O–H groups in total. The zero-order chi connectivity index (χ0) is 19.4. The minimum atomic E-state index is -3.76. The second-order valence-corrected chi connectivity index (χ2v) is 8.15. The fraction of sp³-hybridized carbons (Fsp3) is 0.421. The second kappa shape index (κ2) is 8.14. The van der Waals surface area contributed by atoms with Crippen LogP contribution in [0.5, 0.6) is 11.6 Å². The van der Waals surface area contributed by atoms with Gasteiger partial charge in [-0.2, -0.15) is 0 Å². The van der Waals surface area contributed by atoms with Crippen molar-refractivity contribution in [2.24, 2.45) is 0 Å². The van der Waals surface area contributed by atoms with E-state index in [1.807, 2.05) is 13.0 Å². The van der Waals surface area contributed by atoms with Crippen molar-refractivity contribution in [2.75, 3.05) is 38.6 Å². The molecular weight excluding hydrogens is 366 g/mol. The predicted octanol–water partition coefficient (Wildman–Crippen LogP) is 2.32. The van der Waals surface area contributed by atoms with Crippen molar-refractivity contribution in [3.05, 3.63) is 41.6 Å². The van der Waals surface area contributed by atoms with Crippen molar-refractivity contribution in [2.45, 2.75) is 24.7 Å². The lowest BCUT2D eigenvalue weighted by atomic mass is 10.1. The molecule has 1 aromatic heterocycles. The number of nitrogens with zero attached hydrogens (tertiary/aromatic N) is 2. The number of anilines is 1. The van der Waals surface area contributed by atoms with E-state index in [0.29, 0.717) is 18.0 Å². The molecule has 0 amide bonds. The molecule has 2 aromatic rings. The van der Waals surface area contributed by atoms with E-state index in [9.17, 15) is 8.42 Å². The molecule has 1 aliphatic heterocycles. The summed E-state index contributed by atoms with van der Waals surface area (Å²) in [6.07, 6.45) is 1.63. The summed E-state index contributed by atoms with van der Waals surface area (Å²) in [7, 11) is -0.200. The van der Waals surface area contributed by atoms with Crippen LogP contribution in [0.25, 0.3) is 0 Å². The van der Waals surface area contributed by atoms with Gasteiger partial charge >= 0.3 is 0 Å². The molecule has 0 aliphatic carbocycles. The molecule has 27 heavy (non-hydrogen) atoms. The Morgan fingerprint density at radius 1 is 1.19 bits per heavy atom. The smallest absolute Gasteiger partial charge is 0.262 e. The highest BCUT2D eigenvalue weighted by atomic mass is 32.2.